The van der Waals surface area contributed by atoms with Gasteiger partial charge in [-0.3, -0.25) is 4.79 Å². The molecular weight excluding hydrogens is 358 g/mol. The standard InChI is InChI=1S/C17H23N3O5S/c1-3-16-19-26(22,23)15-9-12(18-17(21)11-24-2)6-7-14(15)20(16)10-13-5-4-8-25-13/h6-7,9,13H,3-5,8,10-11H2,1-2H3,(H,18,21)/t13-/m1/s1. The molecule has 3 rings (SSSR count). The number of sulfonamides is 1. The molecule has 142 valence electrons. The van der Waals surface area contributed by atoms with E-state index in [4.69, 9.17) is 9.47 Å². The summed E-state index contributed by atoms with van der Waals surface area (Å²) in [6, 6.07) is 4.83. The Kier molecular flexibility index (Phi) is 5.59. The molecule has 1 N–H and O–H groups in total. The van der Waals surface area contributed by atoms with Crippen molar-refractivity contribution in [2.75, 3.05) is 37.1 Å². The lowest BCUT2D eigenvalue weighted by Crippen LogP contribution is -2.40. The van der Waals surface area contributed by atoms with Gasteiger partial charge in [0, 0.05) is 25.8 Å². The van der Waals surface area contributed by atoms with E-state index in [-0.39, 0.29) is 23.5 Å². The van der Waals surface area contributed by atoms with Crippen LogP contribution in [0.4, 0.5) is 11.4 Å². The number of methoxy groups -OCH3 is 1. The van der Waals surface area contributed by atoms with Crippen molar-refractivity contribution in [3.63, 3.8) is 0 Å². The third-order valence-electron chi connectivity index (χ3n) is 4.35. The van der Waals surface area contributed by atoms with E-state index < -0.39 is 10.0 Å². The van der Waals surface area contributed by atoms with E-state index in [1.54, 1.807) is 12.1 Å². The second kappa shape index (κ2) is 7.73. The zero-order valence-corrected chi connectivity index (χ0v) is 15.7. The number of ether oxygens (including phenoxy) is 2. The molecule has 0 radical (unpaired) electrons. The van der Waals surface area contributed by atoms with Gasteiger partial charge in [-0.1, -0.05) is 6.92 Å². The summed E-state index contributed by atoms with van der Waals surface area (Å²) in [7, 11) is -2.40. The van der Waals surface area contributed by atoms with E-state index in [2.05, 4.69) is 9.71 Å². The summed E-state index contributed by atoms with van der Waals surface area (Å²) in [5.74, 6) is 0.152. The van der Waals surface area contributed by atoms with Gasteiger partial charge < -0.3 is 19.7 Å². The van der Waals surface area contributed by atoms with Crippen LogP contribution in [0, 0.1) is 0 Å². The number of nitrogens with one attached hydrogen (secondary N) is 1. The summed E-state index contributed by atoms with van der Waals surface area (Å²) < 4.78 is 39.7. The maximum absolute atomic E-state index is 12.6. The second-order valence-electron chi connectivity index (χ2n) is 6.25. The lowest BCUT2D eigenvalue weighted by molar-refractivity contribution is -0.119. The minimum atomic E-state index is -3.82. The average molecular weight is 381 g/mol. The van der Waals surface area contributed by atoms with E-state index >= 15 is 0 Å². The first-order chi connectivity index (χ1) is 12.4. The minimum absolute atomic E-state index is 0.0569. The molecular formula is C17H23N3O5S. The fraction of sp³-hybridized carbons (Fsp3) is 0.529. The van der Waals surface area contributed by atoms with Gasteiger partial charge in [-0.15, -0.1) is 4.40 Å². The van der Waals surface area contributed by atoms with Crippen molar-refractivity contribution in [2.45, 2.75) is 37.2 Å². The first-order valence-electron chi connectivity index (χ1n) is 8.60. The van der Waals surface area contributed by atoms with E-state index in [9.17, 15) is 13.2 Å². The van der Waals surface area contributed by atoms with Gasteiger partial charge in [0.05, 0.1) is 18.3 Å². The van der Waals surface area contributed by atoms with Crippen LogP contribution in [0.25, 0.3) is 0 Å². The molecule has 1 aromatic rings. The van der Waals surface area contributed by atoms with Gasteiger partial charge in [0.15, 0.2) is 0 Å². The highest BCUT2D eigenvalue weighted by atomic mass is 32.2. The van der Waals surface area contributed by atoms with Crippen LogP contribution in [0.3, 0.4) is 0 Å². The average Bonchev–Trinajstić information content (AvgIpc) is 3.10. The molecule has 1 saturated heterocycles. The largest absolute Gasteiger partial charge is 0.376 e. The lowest BCUT2D eigenvalue weighted by atomic mass is 10.2. The number of rotatable bonds is 6. The molecule has 0 unspecified atom stereocenters. The van der Waals surface area contributed by atoms with Crippen molar-refractivity contribution < 1.29 is 22.7 Å². The first-order valence-corrected chi connectivity index (χ1v) is 10.0. The minimum Gasteiger partial charge on any atom is -0.376 e. The normalized spacial score (nSPS) is 21.2. The zero-order chi connectivity index (χ0) is 18.7. The summed E-state index contributed by atoms with van der Waals surface area (Å²) in [4.78, 5) is 13.7. The number of carbonyl (C=O) groups excluding carboxylic acids is 1. The molecule has 8 nitrogen and oxygen atoms in total. The molecule has 26 heavy (non-hydrogen) atoms. The number of hydrogen-bond acceptors (Lipinski definition) is 6. The zero-order valence-electron chi connectivity index (χ0n) is 14.9. The Labute approximate surface area is 153 Å². The lowest BCUT2D eigenvalue weighted by Gasteiger charge is -2.32. The Morgan fingerprint density at radius 3 is 2.92 bits per heavy atom. The molecule has 0 saturated carbocycles. The molecule has 0 bridgehead atoms. The summed E-state index contributed by atoms with van der Waals surface area (Å²) in [5.41, 5.74) is 0.957. The summed E-state index contributed by atoms with van der Waals surface area (Å²) in [5, 5.41) is 2.62. The number of anilines is 2. The van der Waals surface area contributed by atoms with Crippen LogP contribution in [-0.4, -0.2) is 53.1 Å². The quantitative estimate of drug-likeness (QED) is 0.807. The Hall–Kier alpha value is -1.97. The maximum Gasteiger partial charge on any atom is 0.286 e. The third-order valence-corrected chi connectivity index (χ3v) is 5.69. The van der Waals surface area contributed by atoms with Crippen LogP contribution < -0.4 is 10.2 Å². The van der Waals surface area contributed by atoms with Crippen LogP contribution in [0.15, 0.2) is 27.5 Å². The predicted octanol–water partition coefficient (Wildman–Crippen LogP) is 1.77. The van der Waals surface area contributed by atoms with Gasteiger partial charge in [0.2, 0.25) is 5.91 Å². The Morgan fingerprint density at radius 2 is 2.27 bits per heavy atom. The second-order valence-corrected chi connectivity index (χ2v) is 7.82. The van der Waals surface area contributed by atoms with Crippen molar-refractivity contribution in [1.29, 1.82) is 0 Å². The molecule has 0 spiro atoms. The first kappa shape index (κ1) is 18.8. The number of fused-ring (bicyclic) bond motifs is 1. The molecule has 2 aliphatic heterocycles. The molecule has 0 aromatic heterocycles. The number of benzene rings is 1. The van der Waals surface area contributed by atoms with Crippen molar-refractivity contribution in [3.8, 4) is 0 Å². The van der Waals surface area contributed by atoms with Gasteiger partial charge in [-0.2, -0.15) is 8.42 Å². The molecule has 0 aliphatic carbocycles. The van der Waals surface area contributed by atoms with Crippen LogP contribution in [-0.2, 0) is 24.3 Å². The number of amides is 1. The predicted molar refractivity (Wildman–Crippen MR) is 98.2 cm³/mol. The van der Waals surface area contributed by atoms with Crippen LogP contribution >= 0.6 is 0 Å². The van der Waals surface area contributed by atoms with E-state index in [0.717, 1.165) is 19.4 Å². The van der Waals surface area contributed by atoms with Crippen molar-refractivity contribution >= 4 is 33.1 Å². The van der Waals surface area contributed by atoms with E-state index in [1.165, 1.54) is 13.2 Å². The fourth-order valence-electron chi connectivity index (χ4n) is 3.18. The molecule has 9 heteroatoms. The van der Waals surface area contributed by atoms with E-state index in [0.29, 0.717) is 30.2 Å². The van der Waals surface area contributed by atoms with Crippen LogP contribution in [0.2, 0.25) is 0 Å². The Balaban J connectivity index is 1.95. The van der Waals surface area contributed by atoms with Crippen molar-refractivity contribution in [2.24, 2.45) is 4.40 Å². The number of nitrogens with zero attached hydrogens (tertiary/aromatic N) is 2. The number of hydrogen-bond donors (Lipinski definition) is 1. The van der Waals surface area contributed by atoms with Gasteiger partial charge in [-0.25, -0.2) is 0 Å². The molecule has 1 fully saturated rings. The summed E-state index contributed by atoms with van der Waals surface area (Å²) >= 11 is 0. The number of carbonyl (C=O) groups is 1. The fourth-order valence-corrected chi connectivity index (χ4v) is 4.50. The van der Waals surface area contributed by atoms with Gasteiger partial charge in [0.1, 0.15) is 17.3 Å². The number of amidine groups is 1. The van der Waals surface area contributed by atoms with Crippen molar-refractivity contribution in [3.05, 3.63) is 18.2 Å². The highest BCUT2D eigenvalue weighted by Crippen LogP contribution is 2.35. The third kappa shape index (κ3) is 3.89. The van der Waals surface area contributed by atoms with Crippen LogP contribution in [0.5, 0.6) is 0 Å². The Morgan fingerprint density at radius 1 is 1.46 bits per heavy atom. The molecule has 1 aromatic carbocycles. The van der Waals surface area contributed by atoms with Crippen molar-refractivity contribution in [1.82, 2.24) is 0 Å². The summed E-state index contributed by atoms with van der Waals surface area (Å²) in [6.45, 7) is 3.06. The smallest absolute Gasteiger partial charge is 0.286 e. The monoisotopic (exact) mass is 381 g/mol. The topological polar surface area (TPSA) is 97.3 Å². The van der Waals surface area contributed by atoms with Gasteiger partial charge in [-0.05, 0) is 31.0 Å². The molecule has 1 atom stereocenters. The van der Waals surface area contributed by atoms with Gasteiger partial charge in [0.25, 0.3) is 10.0 Å². The summed E-state index contributed by atoms with van der Waals surface area (Å²) in [6.07, 6.45) is 2.51. The highest BCUT2D eigenvalue weighted by Gasteiger charge is 2.32. The van der Waals surface area contributed by atoms with Crippen LogP contribution in [0.1, 0.15) is 26.2 Å². The maximum atomic E-state index is 12.6. The Bertz CT molecular complexity index is 816. The molecule has 2 aliphatic rings. The SMILES string of the molecule is CCC1=NS(=O)(=O)c2cc(NC(=O)COC)ccc2N1C[C@H]1CCCO1. The molecule has 1 amide bonds. The highest BCUT2D eigenvalue weighted by molar-refractivity contribution is 7.90. The van der Waals surface area contributed by atoms with Gasteiger partial charge >= 0.3 is 0 Å². The van der Waals surface area contributed by atoms with E-state index in [1.807, 2.05) is 11.8 Å². The molecule has 2 heterocycles.